The monoisotopic (exact) mass is 369 g/mol. The predicted octanol–water partition coefficient (Wildman–Crippen LogP) is 4.46. The van der Waals surface area contributed by atoms with E-state index >= 15 is 0 Å². The van der Waals surface area contributed by atoms with E-state index in [-0.39, 0.29) is 0 Å². The molecule has 3 aromatic heterocycles. The molecule has 0 fully saturated rings. The average Bonchev–Trinajstić information content (AvgIpc) is 3.10. The van der Waals surface area contributed by atoms with Crippen molar-refractivity contribution in [3.63, 3.8) is 0 Å². The van der Waals surface area contributed by atoms with Crippen molar-refractivity contribution in [2.75, 3.05) is 18.5 Å². The smallest absolute Gasteiger partial charge is 0.165 e. The maximum atomic E-state index is 4.94. The van der Waals surface area contributed by atoms with Crippen LogP contribution in [-0.2, 0) is 6.42 Å². The van der Waals surface area contributed by atoms with Crippen molar-refractivity contribution in [3.8, 4) is 11.1 Å². The van der Waals surface area contributed by atoms with Crippen molar-refractivity contribution in [1.82, 2.24) is 19.6 Å². The zero-order valence-electron chi connectivity index (χ0n) is 16.0. The molecule has 0 spiro atoms. The Morgan fingerprint density at radius 1 is 1.04 bits per heavy atom. The van der Waals surface area contributed by atoms with Crippen LogP contribution in [0.15, 0.2) is 61.1 Å². The SMILES string of the molecule is CN1CCCc2cn3ncc(-c4ccc(/C5=C/C/C=C\CC=C5)nc4)c3nc21. The van der Waals surface area contributed by atoms with E-state index in [1.54, 1.807) is 0 Å². The summed E-state index contributed by atoms with van der Waals surface area (Å²) in [6.07, 6.45) is 21.0. The van der Waals surface area contributed by atoms with Gasteiger partial charge in [0.15, 0.2) is 5.65 Å². The van der Waals surface area contributed by atoms with Gasteiger partial charge in [-0.2, -0.15) is 5.10 Å². The number of hydrogen-bond acceptors (Lipinski definition) is 4. The van der Waals surface area contributed by atoms with E-state index in [9.17, 15) is 0 Å². The van der Waals surface area contributed by atoms with Crippen molar-refractivity contribution in [3.05, 3.63) is 72.4 Å². The van der Waals surface area contributed by atoms with Crippen LogP contribution in [0.2, 0.25) is 0 Å². The third-order valence-corrected chi connectivity index (χ3v) is 5.43. The summed E-state index contributed by atoms with van der Waals surface area (Å²) in [5, 5.41) is 4.54. The normalized spacial score (nSPS) is 19.6. The second-order valence-corrected chi connectivity index (χ2v) is 7.38. The minimum atomic E-state index is 0.886. The average molecular weight is 369 g/mol. The minimum absolute atomic E-state index is 0.886. The van der Waals surface area contributed by atoms with Gasteiger partial charge in [0.25, 0.3) is 0 Å². The van der Waals surface area contributed by atoms with Crippen LogP contribution in [0.5, 0.6) is 0 Å². The quantitative estimate of drug-likeness (QED) is 0.626. The number of anilines is 1. The number of fused-ring (bicyclic) bond motifs is 2. The number of allylic oxidation sites excluding steroid dienone is 6. The topological polar surface area (TPSA) is 46.3 Å². The molecule has 0 N–H and O–H groups in total. The highest BCUT2D eigenvalue weighted by Gasteiger charge is 2.18. The molecular weight excluding hydrogens is 346 g/mol. The number of rotatable bonds is 2. The molecule has 0 unspecified atom stereocenters. The molecule has 0 bridgehead atoms. The van der Waals surface area contributed by atoms with E-state index in [0.717, 1.165) is 60.5 Å². The van der Waals surface area contributed by atoms with E-state index < -0.39 is 0 Å². The summed E-state index contributed by atoms with van der Waals surface area (Å²) >= 11 is 0. The van der Waals surface area contributed by atoms with Gasteiger partial charge in [-0.25, -0.2) is 9.50 Å². The Morgan fingerprint density at radius 2 is 1.96 bits per heavy atom. The van der Waals surface area contributed by atoms with Gasteiger partial charge in [-0.3, -0.25) is 4.98 Å². The van der Waals surface area contributed by atoms with Crippen LogP contribution >= 0.6 is 0 Å². The Morgan fingerprint density at radius 3 is 2.86 bits per heavy atom. The number of pyridine rings is 1. The summed E-state index contributed by atoms with van der Waals surface area (Å²) in [5.74, 6) is 1.07. The molecule has 5 nitrogen and oxygen atoms in total. The Balaban J connectivity index is 1.52. The molecule has 1 aliphatic carbocycles. The van der Waals surface area contributed by atoms with E-state index in [1.165, 1.54) is 11.1 Å². The third kappa shape index (κ3) is 3.03. The summed E-state index contributed by atoms with van der Waals surface area (Å²) in [6, 6.07) is 4.21. The maximum Gasteiger partial charge on any atom is 0.165 e. The zero-order valence-corrected chi connectivity index (χ0v) is 16.0. The summed E-state index contributed by atoms with van der Waals surface area (Å²) in [5.41, 5.74) is 6.38. The summed E-state index contributed by atoms with van der Waals surface area (Å²) in [6.45, 7) is 1.05. The molecule has 5 heteroatoms. The molecule has 0 saturated heterocycles. The second-order valence-electron chi connectivity index (χ2n) is 7.38. The molecule has 0 atom stereocenters. The van der Waals surface area contributed by atoms with Gasteiger partial charge in [-0.1, -0.05) is 36.4 Å². The standard InChI is InChI=1S/C23H23N5/c1-27-13-7-10-19-16-28-23(26-22(19)27)20(15-25-28)18-11-12-21(24-14-18)17-8-5-3-2-4-6-9-17/h2-3,6,8-9,11-12,14-16H,4-5,7,10,13H2,1H3/b3-2-,9-6?,17-8+. The molecule has 1 aliphatic heterocycles. The first kappa shape index (κ1) is 16.9. The van der Waals surface area contributed by atoms with Gasteiger partial charge in [-0.15, -0.1) is 0 Å². The minimum Gasteiger partial charge on any atom is -0.359 e. The summed E-state index contributed by atoms with van der Waals surface area (Å²) in [4.78, 5) is 11.9. The number of nitrogens with zero attached hydrogens (tertiary/aromatic N) is 5. The summed E-state index contributed by atoms with van der Waals surface area (Å²) < 4.78 is 1.90. The molecule has 0 radical (unpaired) electrons. The van der Waals surface area contributed by atoms with Crippen LogP contribution in [0.25, 0.3) is 22.3 Å². The molecule has 28 heavy (non-hydrogen) atoms. The van der Waals surface area contributed by atoms with Crippen molar-refractivity contribution in [2.45, 2.75) is 25.7 Å². The highest BCUT2D eigenvalue weighted by Crippen LogP contribution is 2.29. The second kappa shape index (κ2) is 7.08. The highest BCUT2D eigenvalue weighted by molar-refractivity contribution is 5.79. The van der Waals surface area contributed by atoms with Gasteiger partial charge in [0.05, 0.1) is 11.9 Å². The molecule has 4 heterocycles. The summed E-state index contributed by atoms with van der Waals surface area (Å²) in [7, 11) is 2.11. The van der Waals surface area contributed by atoms with Crippen LogP contribution in [0.3, 0.4) is 0 Å². The van der Waals surface area contributed by atoms with Gasteiger partial charge in [0.1, 0.15) is 5.82 Å². The van der Waals surface area contributed by atoms with Crippen LogP contribution in [0.1, 0.15) is 30.5 Å². The Kier molecular flexibility index (Phi) is 4.28. The fourth-order valence-electron chi connectivity index (χ4n) is 3.91. The molecular formula is C23H23N5. The lowest BCUT2D eigenvalue weighted by atomic mass is 10.0. The molecule has 5 rings (SSSR count). The Bertz CT molecular complexity index is 1100. The van der Waals surface area contributed by atoms with Crippen molar-refractivity contribution in [2.24, 2.45) is 0 Å². The van der Waals surface area contributed by atoms with Gasteiger partial charge < -0.3 is 4.90 Å². The number of aryl methyl sites for hydroxylation is 1. The van der Waals surface area contributed by atoms with Gasteiger partial charge in [0.2, 0.25) is 0 Å². The van der Waals surface area contributed by atoms with Gasteiger partial charge in [-0.05, 0) is 37.3 Å². The van der Waals surface area contributed by atoms with Crippen LogP contribution in [0, 0.1) is 0 Å². The first-order valence-corrected chi connectivity index (χ1v) is 9.86. The lowest BCUT2D eigenvalue weighted by Crippen LogP contribution is -2.26. The van der Waals surface area contributed by atoms with Crippen molar-refractivity contribution < 1.29 is 0 Å². The molecule has 0 amide bonds. The zero-order chi connectivity index (χ0) is 18.9. The molecule has 2 aliphatic rings. The Hall–Kier alpha value is -3.21. The van der Waals surface area contributed by atoms with E-state index in [4.69, 9.17) is 9.97 Å². The maximum absolute atomic E-state index is 4.94. The van der Waals surface area contributed by atoms with Crippen molar-refractivity contribution in [1.29, 1.82) is 0 Å². The first-order chi connectivity index (χ1) is 13.8. The van der Waals surface area contributed by atoms with E-state index in [0.29, 0.717) is 0 Å². The van der Waals surface area contributed by atoms with Gasteiger partial charge >= 0.3 is 0 Å². The first-order valence-electron chi connectivity index (χ1n) is 9.86. The highest BCUT2D eigenvalue weighted by atomic mass is 15.3. The fraction of sp³-hybridized carbons (Fsp3) is 0.261. The Labute approximate surface area is 164 Å². The molecule has 140 valence electrons. The predicted molar refractivity (Wildman–Crippen MR) is 113 cm³/mol. The molecule has 0 saturated carbocycles. The van der Waals surface area contributed by atoms with Crippen LogP contribution < -0.4 is 4.90 Å². The number of hydrogen-bond donors (Lipinski definition) is 0. The number of aromatic nitrogens is 4. The van der Waals surface area contributed by atoms with Gasteiger partial charge in [0, 0.05) is 42.7 Å². The molecule has 3 aromatic rings. The largest absolute Gasteiger partial charge is 0.359 e. The molecule has 0 aromatic carbocycles. The third-order valence-electron chi connectivity index (χ3n) is 5.43. The lowest BCUT2D eigenvalue weighted by Gasteiger charge is -2.26. The van der Waals surface area contributed by atoms with Crippen LogP contribution in [-0.4, -0.2) is 33.2 Å². The van der Waals surface area contributed by atoms with E-state index in [1.807, 2.05) is 16.9 Å². The van der Waals surface area contributed by atoms with Crippen LogP contribution in [0.4, 0.5) is 5.82 Å². The van der Waals surface area contributed by atoms with E-state index in [2.05, 4.69) is 65.8 Å². The van der Waals surface area contributed by atoms with Crippen molar-refractivity contribution >= 4 is 17.0 Å². The fourth-order valence-corrected chi connectivity index (χ4v) is 3.91. The lowest BCUT2D eigenvalue weighted by molar-refractivity contribution is 0.719.